The summed E-state index contributed by atoms with van der Waals surface area (Å²) < 4.78 is 1.39. The van der Waals surface area contributed by atoms with Crippen LogP contribution in [-0.4, -0.2) is 20.6 Å². The van der Waals surface area contributed by atoms with Crippen molar-refractivity contribution in [1.29, 1.82) is 0 Å². The maximum atomic E-state index is 12.0. The summed E-state index contributed by atoms with van der Waals surface area (Å²) >= 11 is 0. The number of carbonyl (C=O) groups is 1. The molecule has 3 rings (SSSR count). The van der Waals surface area contributed by atoms with Gasteiger partial charge in [0, 0.05) is 6.54 Å². The van der Waals surface area contributed by atoms with Crippen LogP contribution in [0.1, 0.15) is 36.0 Å². The monoisotopic (exact) mass is 288 g/mol. The van der Waals surface area contributed by atoms with Crippen molar-refractivity contribution in [3.63, 3.8) is 0 Å². The Balaban J connectivity index is 2.09. The number of aromatic nitrogens is 2. The molecule has 1 aliphatic rings. The molecule has 2 N–H and O–H groups in total. The van der Waals surface area contributed by atoms with Gasteiger partial charge in [0.25, 0.3) is 0 Å². The van der Waals surface area contributed by atoms with Crippen LogP contribution in [0.2, 0.25) is 0 Å². The lowest BCUT2D eigenvalue weighted by molar-refractivity contribution is 0.0699. The largest absolute Gasteiger partial charge is 0.478 e. The molecule has 21 heavy (non-hydrogen) atoms. The van der Waals surface area contributed by atoms with Crippen LogP contribution in [0, 0.1) is 5.92 Å². The summed E-state index contributed by atoms with van der Waals surface area (Å²) in [6.45, 7) is 0.443. The topological polar surface area (TPSA) is 92.2 Å². The summed E-state index contributed by atoms with van der Waals surface area (Å²) in [5.41, 5.74) is -0.722. The summed E-state index contributed by atoms with van der Waals surface area (Å²) in [5.74, 6) is -0.372. The highest BCUT2D eigenvalue weighted by molar-refractivity contribution is 6.00. The van der Waals surface area contributed by atoms with E-state index in [1.807, 2.05) is 0 Å². The molecule has 0 atom stereocenters. The average molecular weight is 288 g/mol. The number of rotatable bonds is 5. The molecule has 1 aliphatic carbocycles. The predicted molar refractivity (Wildman–Crippen MR) is 77.7 cm³/mol. The molecule has 2 aromatic rings. The molecule has 0 amide bonds. The Morgan fingerprint density at radius 3 is 2.76 bits per heavy atom. The SMILES string of the molecule is O=C(O)c1cccc2c1[nH]c(=O)c(=O)n2CCCC1CC1. The third kappa shape index (κ3) is 2.61. The van der Waals surface area contributed by atoms with E-state index in [0.717, 1.165) is 18.8 Å². The Morgan fingerprint density at radius 1 is 1.33 bits per heavy atom. The molecule has 110 valence electrons. The Labute approximate surface area is 120 Å². The van der Waals surface area contributed by atoms with Crippen LogP contribution >= 0.6 is 0 Å². The number of fused-ring (bicyclic) bond motifs is 1. The lowest BCUT2D eigenvalue weighted by Gasteiger charge is -2.10. The van der Waals surface area contributed by atoms with Crippen LogP contribution in [0.15, 0.2) is 27.8 Å². The quantitative estimate of drug-likeness (QED) is 0.817. The van der Waals surface area contributed by atoms with Gasteiger partial charge >= 0.3 is 17.1 Å². The first-order chi connectivity index (χ1) is 10.1. The fraction of sp³-hybridized carbons (Fsp3) is 0.400. The van der Waals surface area contributed by atoms with Gasteiger partial charge in [0.05, 0.1) is 16.6 Å². The highest BCUT2D eigenvalue weighted by atomic mass is 16.4. The van der Waals surface area contributed by atoms with Crippen molar-refractivity contribution in [2.24, 2.45) is 5.92 Å². The van der Waals surface area contributed by atoms with Gasteiger partial charge < -0.3 is 14.7 Å². The minimum absolute atomic E-state index is 0.000503. The zero-order chi connectivity index (χ0) is 15.0. The van der Waals surface area contributed by atoms with Gasteiger partial charge in [-0.1, -0.05) is 18.9 Å². The number of H-pyrrole nitrogens is 1. The van der Waals surface area contributed by atoms with Crippen molar-refractivity contribution >= 4 is 17.0 Å². The van der Waals surface area contributed by atoms with Crippen LogP contribution in [0.3, 0.4) is 0 Å². The van der Waals surface area contributed by atoms with Crippen LogP contribution in [0.25, 0.3) is 11.0 Å². The lowest BCUT2D eigenvalue weighted by Crippen LogP contribution is -2.36. The number of carboxylic acids is 1. The van der Waals surface area contributed by atoms with Gasteiger partial charge in [-0.2, -0.15) is 0 Å². The van der Waals surface area contributed by atoms with Gasteiger partial charge in [-0.25, -0.2) is 4.79 Å². The molecule has 0 saturated heterocycles. The van der Waals surface area contributed by atoms with E-state index in [-0.39, 0.29) is 11.1 Å². The van der Waals surface area contributed by atoms with Crippen molar-refractivity contribution in [3.8, 4) is 0 Å². The second-order valence-electron chi connectivity index (χ2n) is 5.50. The Hall–Kier alpha value is -2.37. The fourth-order valence-corrected chi connectivity index (χ4v) is 2.64. The van der Waals surface area contributed by atoms with E-state index < -0.39 is 17.1 Å². The Bertz CT molecular complexity index is 815. The van der Waals surface area contributed by atoms with E-state index in [2.05, 4.69) is 4.98 Å². The Kier molecular flexibility index (Phi) is 3.37. The van der Waals surface area contributed by atoms with Gasteiger partial charge in [0.15, 0.2) is 0 Å². The third-order valence-corrected chi connectivity index (χ3v) is 3.93. The summed E-state index contributed by atoms with van der Waals surface area (Å²) in [6.07, 6.45) is 4.35. The van der Waals surface area contributed by atoms with Crippen molar-refractivity contribution < 1.29 is 9.90 Å². The van der Waals surface area contributed by atoms with Gasteiger partial charge in [-0.3, -0.25) is 9.59 Å². The summed E-state index contributed by atoms with van der Waals surface area (Å²) in [4.78, 5) is 37.4. The van der Waals surface area contributed by atoms with Crippen molar-refractivity contribution in [2.45, 2.75) is 32.2 Å². The van der Waals surface area contributed by atoms with Gasteiger partial charge in [0.2, 0.25) is 0 Å². The minimum Gasteiger partial charge on any atom is -0.478 e. The van der Waals surface area contributed by atoms with Crippen molar-refractivity contribution in [1.82, 2.24) is 9.55 Å². The highest BCUT2D eigenvalue weighted by Gasteiger charge is 2.21. The number of para-hydroxylation sites is 1. The summed E-state index contributed by atoms with van der Waals surface area (Å²) in [5, 5.41) is 9.18. The lowest BCUT2D eigenvalue weighted by atomic mass is 10.1. The average Bonchev–Trinajstić information content (AvgIpc) is 3.26. The molecule has 0 radical (unpaired) electrons. The van der Waals surface area contributed by atoms with Gasteiger partial charge in [-0.05, 0) is 30.9 Å². The molecule has 6 nitrogen and oxygen atoms in total. The van der Waals surface area contributed by atoms with E-state index >= 15 is 0 Å². The van der Waals surface area contributed by atoms with Gasteiger partial charge in [0.1, 0.15) is 0 Å². The third-order valence-electron chi connectivity index (χ3n) is 3.93. The molecule has 1 saturated carbocycles. The molecule has 1 fully saturated rings. The first-order valence-electron chi connectivity index (χ1n) is 7.07. The molecule has 1 aromatic carbocycles. The second kappa shape index (κ2) is 5.20. The zero-order valence-electron chi connectivity index (χ0n) is 11.5. The number of nitrogens with zero attached hydrogens (tertiary/aromatic N) is 1. The van der Waals surface area contributed by atoms with Crippen LogP contribution in [0.5, 0.6) is 0 Å². The van der Waals surface area contributed by atoms with Crippen molar-refractivity contribution in [3.05, 3.63) is 44.5 Å². The molecule has 1 heterocycles. The zero-order valence-corrected chi connectivity index (χ0v) is 11.5. The van der Waals surface area contributed by atoms with E-state index in [9.17, 15) is 19.5 Å². The van der Waals surface area contributed by atoms with Gasteiger partial charge in [-0.15, -0.1) is 0 Å². The fourth-order valence-electron chi connectivity index (χ4n) is 2.64. The number of hydrogen-bond acceptors (Lipinski definition) is 3. The smallest absolute Gasteiger partial charge is 0.337 e. The minimum atomic E-state index is -1.13. The molecular weight excluding hydrogens is 272 g/mol. The number of benzene rings is 1. The summed E-state index contributed by atoms with van der Waals surface area (Å²) in [6, 6.07) is 4.66. The van der Waals surface area contributed by atoms with E-state index in [1.165, 1.54) is 23.5 Å². The maximum Gasteiger partial charge on any atom is 0.337 e. The molecule has 1 aromatic heterocycles. The number of hydrogen-bond donors (Lipinski definition) is 2. The van der Waals surface area contributed by atoms with Crippen LogP contribution in [-0.2, 0) is 6.54 Å². The summed E-state index contributed by atoms with van der Waals surface area (Å²) in [7, 11) is 0. The molecule has 0 aliphatic heterocycles. The number of aryl methyl sites for hydroxylation is 1. The highest BCUT2D eigenvalue weighted by Crippen LogP contribution is 2.33. The molecular formula is C15H16N2O4. The molecule has 0 bridgehead atoms. The molecule has 0 spiro atoms. The first-order valence-corrected chi connectivity index (χ1v) is 7.07. The number of aromatic carboxylic acids is 1. The van der Waals surface area contributed by atoms with Crippen LogP contribution < -0.4 is 11.1 Å². The van der Waals surface area contributed by atoms with Crippen molar-refractivity contribution in [2.75, 3.05) is 0 Å². The molecule has 0 unspecified atom stereocenters. The number of nitrogens with one attached hydrogen (secondary N) is 1. The first kappa shape index (κ1) is 13.6. The number of aromatic amines is 1. The second-order valence-corrected chi connectivity index (χ2v) is 5.50. The number of carboxylic acid groups (broad SMARTS) is 1. The molecule has 6 heteroatoms. The predicted octanol–water partition coefficient (Wildman–Crippen LogP) is 1.58. The van der Waals surface area contributed by atoms with Crippen LogP contribution in [0.4, 0.5) is 0 Å². The van der Waals surface area contributed by atoms with E-state index in [0.29, 0.717) is 12.1 Å². The normalized spacial score (nSPS) is 14.5. The Morgan fingerprint density at radius 2 is 2.10 bits per heavy atom. The standard InChI is InChI=1S/C15H16N2O4/c18-13-14(19)17(8-2-3-9-6-7-9)11-5-1-4-10(15(20)21)12(11)16-13/h1,4-5,9H,2-3,6-8H2,(H,16,18)(H,20,21). The van der Waals surface area contributed by atoms with E-state index in [1.54, 1.807) is 12.1 Å². The van der Waals surface area contributed by atoms with E-state index in [4.69, 9.17) is 0 Å². The maximum absolute atomic E-state index is 12.0.